The molecule has 0 fully saturated rings. The first kappa shape index (κ1) is 15.0. The van der Waals surface area contributed by atoms with Crippen molar-refractivity contribution in [3.8, 4) is 5.75 Å². The fourth-order valence-corrected chi connectivity index (χ4v) is 2.33. The van der Waals surface area contributed by atoms with Crippen molar-refractivity contribution in [1.82, 2.24) is 0 Å². The SMILES string of the molecule is CCOc1ccc(C(=O)c2ccc(Cl)c(F)c2)cc1Br. The Morgan fingerprint density at radius 2 is 1.90 bits per heavy atom. The van der Waals surface area contributed by atoms with Crippen molar-refractivity contribution in [2.75, 3.05) is 6.61 Å². The summed E-state index contributed by atoms with van der Waals surface area (Å²) in [4.78, 5) is 12.3. The Labute approximate surface area is 129 Å². The lowest BCUT2D eigenvalue weighted by Crippen LogP contribution is -2.02. The molecule has 2 aromatic rings. The first-order valence-electron chi connectivity index (χ1n) is 5.95. The van der Waals surface area contributed by atoms with E-state index in [-0.39, 0.29) is 16.4 Å². The highest BCUT2D eigenvalue weighted by atomic mass is 79.9. The second-order valence-electron chi connectivity index (χ2n) is 4.04. The monoisotopic (exact) mass is 356 g/mol. The summed E-state index contributed by atoms with van der Waals surface area (Å²) in [6, 6.07) is 9.00. The number of hydrogen-bond acceptors (Lipinski definition) is 2. The molecule has 0 unspecified atom stereocenters. The molecule has 0 aliphatic carbocycles. The number of benzene rings is 2. The molecule has 0 bridgehead atoms. The van der Waals surface area contributed by atoms with Crippen molar-refractivity contribution in [2.24, 2.45) is 0 Å². The van der Waals surface area contributed by atoms with E-state index in [1.165, 1.54) is 12.1 Å². The molecule has 0 saturated heterocycles. The lowest BCUT2D eigenvalue weighted by atomic mass is 10.0. The maximum atomic E-state index is 13.4. The smallest absolute Gasteiger partial charge is 0.193 e. The zero-order valence-electron chi connectivity index (χ0n) is 10.6. The molecule has 2 aromatic carbocycles. The van der Waals surface area contributed by atoms with Crippen LogP contribution >= 0.6 is 27.5 Å². The Morgan fingerprint density at radius 1 is 1.25 bits per heavy atom. The zero-order valence-corrected chi connectivity index (χ0v) is 13.0. The van der Waals surface area contributed by atoms with E-state index in [1.54, 1.807) is 18.2 Å². The number of carbonyl (C=O) groups excluding carboxylic acids is 1. The highest BCUT2D eigenvalue weighted by molar-refractivity contribution is 9.10. The van der Waals surface area contributed by atoms with Gasteiger partial charge in [-0.3, -0.25) is 4.79 Å². The van der Waals surface area contributed by atoms with Crippen molar-refractivity contribution in [3.63, 3.8) is 0 Å². The molecule has 0 aliphatic heterocycles. The van der Waals surface area contributed by atoms with Gasteiger partial charge in [0.1, 0.15) is 11.6 Å². The number of carbonyl (C=O) groups is 1. The van der Waals surface area contributed by atoms with Crippen LogP contribution in [0, 0.1) is 5.82 Å². The summed E-state index contributed by atoms with van der Waals surface area (Å²) >= 11 is 8.94. The number of ketones is 1. The van der Waals surface area contributed by atoms with E-state index >= 15 is 0 Å². The van der Waals surface area contributed by atoms with Gasteiger partial charge in [0.2, 0.25) is 0 Å². The summed E-state index contributed by atoms with van der Waals surface area (Å²) in [5.74, 6) is -0.224. The molecule has 20 heavy (non-hydrogen) atoms. The maximum absolute atomic E-state index is 13.4. The van der Waals surface area contributed by atoms with E-state index in [2.05, 4.69) is 15.9 Å². The van der Waals surface area contributed by atoms with Gasteiger partial charge in [0.25, 0.3) is 0 Å². The van der Waals surface area contributed by atoms with Gasteiger partial charge in [-0.1, -0.05) is 11.6 Å². The van der Waals surface area contributed by atoms with Crippen molar-refractivity contribution in [1.29, 1.82) is 0 Å². The maximum Gasteiger partial charge on any atom is 0.193 e. The van der Waals surface area contributed by atoms with Crippen LogP contribution in [0.3, 0.4) is 0 Å². The summed E-state index contributed by atoms with van der Waals surface area (Å²) in [6.07, 6.45) is 0. The minimum Gasteiger partial charge on any atom is -0.493 e. The van der Waals surface area contributed by atoms with Gasteiger partial charge in [-0.05, 0) is 59.3 Å². The molecule has 0 radical (unpaired) electrons. The summed E-state index contributed by atoms with van der Waals surface area (Å²) in [7, 11) is 0. The highest BCUT2D eigenvalue weighted by Crippen LogP contribution is 2.27. The second-order valence-corrected chi connectivity index (χ2v) is 5.30. The molecule has 0 aromatic heterocycles. The first-order valence-corrected chi connectivity index (χ1v) is 7.12. The van der Waals surface area contributed by atoms with Crippen molar-refractivity contribution in [2.45, 2.75) is 6.92 Å². The minimum absolute atomic E-state index is 0.00516. The van der Waals surface area contributed by atoms with Crippen LogP contribution in [0.5, 0.6) is 5.75 Å². The Balaban J connectivity index is 2.33. The molecular weight excluding hydrogens is 347 g/mol. The molecule has 104 valence electrons. The standard InChI is InChI=1S/C15H11BrClFO2/c1-2-20-14-6-4-9(7-11(14)16)15(19)10-3-5-12(17)13(18)8-10/h3-8H,2H2,1H3. The van der Waals surface area contributed by atoms with E-state index < -0.39 is 5.82 Å². The van der Waals surface area contributed by atoms with Gasteiger partial charge < -0.3 is 4.74 Å². The van der Waals surface area contributed by atoms with E-state index in [9.17, 15) is 9.18 Å². The topological polar surface area (TPSA) is 26.3 Å². The fourth-order valence-electron chi connectivity index (χ4n) is 1.72. The molecule has 0 N–H and O–H groups in total. The lowest BCUT2D eigenvalue weighted by molar-refractivity contribution is 0.103. The molecular formula is C15H11BrClFO2. The van der Waals surface area contributed by atoms with Crippen molar-refractivity contribution >= 4 is 33.3 Å². The van der Waals surface area contributed by atoms with Crippen LogP contribution in [0.25, 0.3) is 0 Å². The van der Waals surface area contributed by atoms with Crippen molar-refractivity contribution in [3.05, 3.63) is 62.8 Å². The Kier molecular flexibility index (Phi) is 4.78. The quantitative estimate of drug-likeness (QED) is 0.730. The largest absolute Gasteiger partial charge is 0.493 e. The summed E-state index contributed by atoms with van der Waals surface area (Å²) in [6.45, 7) is 2.41. The minimum atomic E-state index is -0.609. The van der Waals surface area contributed by atoms with Crippen LogP contribution < -0.4 is 4.74 Å². The molecule has 0 atom stereocenters. The van der Waals surface area contributed by atoms with Gasteiger partial charge in [-0.2, -0.15) is 0 Å². The number of rotatable bonds is 4. The third kappa shape index (κ3) is 3.19. The summed E-state index contributed by atoms with van der Waals surface area (Å²) in [5.41, 5.74) is 0.699. The molecule has 5 heteroatoms. The zero-order chi connectivity index (χ0) is 14.7. The Morgan fingerprint density at radius 3 is 2.50 bits per heavy atom. The third-order valence-corrected chi connectivity index (χ3v) is 3.60. The Hall–Kier alpha value is -1.39. The molecule has 2 rings (SSSR count). The van der Waals surface area contributed by atoms with Crippen LogP contribution in [-0.2, 0) is 0 Å². The summed E-state index contributed by atoms with van der Waals surface area (Å²) in [5, 5.41) is -0.00516. The Bertz CT molecular complexity index is 658. The van der Waals surface area contributed by atoms with E-state index in [4.69, 9.17) is 16.3 Å². The second kappa shape index (κ2) is 6.37. The number of halogens is 3. The van der Waals surface area contributed by atoms with E-state index in [0.29, 0.717) is 22.4 Å². The molecule has 0 spiro atoms. The van der Waals surface area contributed by atoms with Crippen LogP contribution in [-0.4, -0.2) is 12.4 Å². The average molecular weight is 358 g/mol. The van der Waals surface area contributed by atoms with E-state index in [0.717, 1.165) is 6.07 Å². The number of ether oxygens (including phenoxy) is 1. The van der Waals surface area contributed by atoms with E-state index in [1.807, 2.05) is 6.92 Å². The van der Waals surface area contributed by atoms with Crippen LogP contribution in [0.2, 0.25) is 5.02 Å². The molecule has 0 saturated carbocycles. The van der Waals surface area contributed by atoms with Gasteiger partial charge >= 0.3 is 0 Å². The normalized spacial score (nSPS) is 10.4. The lowest BCUT2D eigenvalue weighted by Gasteiger charge is -2.08. The van der Waals surface area contributed by atoms with Gasteiger partial charge in [0, 0.05) is 11.1 Å². The molecule has 0 heterocycles. The third-order valence-electron chi connectivity index (χ3n) is 2.68. The summed E-state index contributed by atoms with van der Waals surface area (Å²) < 4.78 is 19.4. The average Bonchev–Trinajstić information content (AvgIpc) is 2.43. The highest BCUT2D eigenvalue weighted by Gasteiger charge is 2.13. The molecule has 0 amide bonds. The first-order chi connectivity index (χ1) is 9.52. The molecule has 0 aliphatic rings. The predicted molar refractivity (Wildman–Crippen MR) is 80.2 cm³/mol. The van der Waals surface area contributed by atoms with Crippen LogP contribution in [0.15, 0.2) is 40.9 Å². The van der Waals surface area contributed by atoms with Crippen LogP contribution in [0.1, 0.15) is 22.8 Å². The van der Waals surface area contributed by atoms with Gasteiger partial charge in [0.15, 0.2) is 5.78 Å². The van der Waals surface area contributed by atoms with Gasteiger partial charge in [-0.15, -0.1) is 0 Å². The predicted octanol–water partition coefficient (Wildman–Crippen LogP) is 4.87. The van der Waals surface area contributed by atoms with Gasteiger partial charge in [0.05, 0.1) is 16.1 Å². The number of hydrogen-bond donors (Lipinski definition) is 0. The fraction of sp³-hybridized carbons (Fsp3) is 0.133. The van der Waals surface area contributed by atoms with Gasteiger partial charge in [-0.25, -0.2) is 4.39 Å². The van der Waals surface area contributed by atoms with Crippen molar-refractivity contribution < 1.29 is 13.9 Å². The molecule has 2 nitrogen and oxygen atoms in total. The van der Waals surface area contributed by atoms with Crippen LogP contribution in [0.4, 0.5) is 4.39 Å².